The van der Waals surface area contributed by atoms with E-state index in [0.29, 0.717) is 31.6 Å². The van der Waals surface area contributed by atoms with Crippen LogP contribution in [-0.2, 0) is 65.4 Å². The first kappa shape index (κ1) is 93.1. The van der Waals surface area contributed by atoms with Crippen molar-refractivity contribution in [3.05, 3.63) is 0 Å². The molecule has 0 amide bonds. The predicted molar refractivity (Wildman–Crippen MR) is 386 cm³/mol. The fourth-order valence-corrected chi connectivity index (χ4v) is 13.2. The summed E-state index contributed by atoms with van der Waals surface area (Å²) in [5.41, 5.74) is 0. The first-order valence-electron chi connectivity index (χ1n) is 39.5. The summed E-state index contributed by atoms with van der Waals surface area (Å²) in [6.45, 7) is 9.51. The quantitative estimate of drug-likeness (QED) is 0.0222. The first-order chi connectivity index (χ1) is 45.9. The molecule has 0 heterocycles. The third-order valence-corrected chi connectivity index (χ3v) is 19.6. The second kappa shape index (κ2) is 67.9. The third-order valence-electron chi connectivity index (χ3n) is 17.7. The Morgan fingerprint density at radius 3 is 0.716 bits per heavy atom. The van der Waals surface area contributed by atoms with E-state index in [1.165, 1.54) is 205 Å². The summed E-state index contributed by atoms with van der Waals surface area (Å²) in [5, 5.41) is 10.6. The van der Waals surface area contributed by atoms with Crippen molar-refractivity contribution >= 4 is 39.5 Å². The lowest BCUT2D eigenvalue weighted by atomic mass is 10.0. The van der Waals surface area contributed by atoms with Crippen LogP contribution in [0, 0.1) is 11.8 Å². The summed E-state index contributed by atoms with van der Waals surface area (Å²) in [4.78, 5) is 72.7. The van der Waals surface area contributed by atoms with Crippen LogP contribution in [0.5, 0.6) is 0 Å². The topological polar surface area (TPSA) is 237 Å². The van der Waals surface area contributed by atoms with E-state index in [4.69, 9.17) is 37.0 Å². The van der Waals surface area contributed by atoms with Crippen LogP contribution in [0.3, 0.4) is 0 Å². The van der Waals surface area contributed by atoms with Gasteiger partial charge in [-0.1, -0.05) is 343 Å². The number of unbranched alkanes of at least 4 members (excludes halogenated alkanes) is 45. The number of esters is 4. The Kier molecular flexibility index (Phi) is 66.5. The van der Waals surface area contributed by atoms with Gasteiger partial charge in [-0.05, 0) is 37.5 Å². The molecule has 0 saturated carbocycles. The van der Waals surface area contributed by atoms with E-state index in [1.54, 1.807) is 0 Å². The molecule has 3 N–H and O–H groups in total. The summed E-state index contributed by atoms with van der Waals surface area (Å²) in [6, 6.07) is 0. The number of hydrogen-bond donors (Lipinski definition) is 3. The van der Waals surface area contributed by atoms with Gasteiger partial charge in [0.2, 0.25) is 0 Å². The Morgan fingerprint density at radius 2 is 0.484 bits per heavy atom. The van der Waals surface area contributed by atoms with E-state index in [1.807, 2.05) is 0 Å². The number of aliphatic hydroxyl groups is 1. The fraction of sp³-hybridized carbons (Fsp3) is 0.947. The molecule has 0 aromatic heterocycles. The van der Waals surface area contributed by atoms with Gasteiger partial charge in [0.15, 0.2) is 12.2 Å². The highest BCUT2D eigenvalue weighted by Crippen LogP contribution is 2.45. The van der Waals surface area contributed by atoms with Crippen molar-refractivity contribution in [1.29, 1.82) is 0 Å². The molecule has 0 fully saturated rings. The summed E-state index contributed by atoms with van der Waals surface area (Å²) in [7, 11) is -9.91. The van der Waals surface area contributed by atoms with Crippen LogP contribution in [0.4, 0.5) is 0 Å². The van der Waals surface area contributed by atoms with Gasteiger partial charge in [0.05, 0.1) is 26.4 Å². The maximum atomic E-state index is 13.1. The zero-order valence-corrected chi connectivity index (χ0v) is 63.8. The van der Waals surface area contributed by atoms with E-state index < -0.39 is 97.5 Å². The molecule has 17 nitrogen and oxygen atoms in total. The fourth-order valence-electron chi connectivity index (χ4n) is 11.7. The molecule has 0 rings (SSSR count). The predicted octanol–water partition coefficient (Wildman–Crippen LogP) is 22.3. The summed E-state index contributed by atoms with van der Waals surface area (Å²) in [5.74, 6) is -0.668. The Balaban J connectivity index is 5.19. The van der Waals surface area contributed by atoms with Crippen molar-refractivity contribution in [3.63, 3.8) is 0 Å². The highest BCUT2D eigenvalue weighted by Gasteiger charge is 2.30. The molecular formula is C76H148O17P2. The number of phosphoric acid groups is 2. The van der Waals surface area contributed by atoms with Crippen molar-refractivity contribution in [2.24, 2.45) is 11.8 Å². The summed E-state index contributed by atoms with van der Waals surface area (Å²) < 4.78 is 68.4. The second-order valence-electron chi connectivity index (χ2n) is 28.3. The van der Waals surface area contributed by atoms with Crippen LogP contribution in [-0.4, -0.2) is 96.7 Å². The molecule has 2 unspecified atom stereocenters. The van der Waals surface area contributed by atoms with Gasteiger partial charge in [0.25, 0.3) is 0 Å². The van der Waals surface area contributed by atoms with Gasteiger partial charge in [0, 0.05) is 25.7 Å². The molecule has 5 atom stereocenters. The molecule has 0 spiro atoms. The van der Waals surface area contributed by atoms with Crippen LogP contribution in [0.15, 0.2) is 0 Å². The average Bonchev–Trinajstić information content (AvgIpc) is 1.52. The minimum Gasteiger partial charge on any atom is -0.462 e. The molecule has 0 bridgehead atoms. The molecule has 0 radical (unpaired) electrons. The van der Waals surface area contributed by atoms with E-state index in [9.17, 15) is 43.2 Å². The summed E-state index contributed by atoms with van der Waals surface area (Å²) >= 11 is 0. The van der Waals surface area contributed by atoms with E-state index in [2.05, 4.69) is 41.5 Å². The second-order valence-corrected chi connectivity index (χ2v) is 31.3. The molecule has 95 heavy (non-hydrogen) atoms. The van der Waals surface area contributed by atoms with Crippen molar-refractivity contribution in [1.82, 2.24) is 0 Å². The lowest BCUT2D eigenvalue weighted by molar-refractivity contribution is -0.161. The molecular weight excluding hydrogens is 1250 g/mol. The van der Waals surface area contributed by atoms with E-state index >= 15 is 0 Å². The largest absolute Gasteiger partial charge is 0.472 e. The molecule has 0 aliphatic heterocycles. The van der Waals surface area contributed by atoms with E-state index in [0.717, 1.165) is 102 Å². The van der Waals surface area contributed by atoms with Crippen molar-refractivity contribution in [2.75, 3.05) is 39.6 Å². The molecule has 0 aliphatic carbocycles. The minimum atomic E-state index is -4.96. The van der Waals surface area contributed by atoms with Crippen molar-refractivity contribution < 1.29 is 80.2 Å². The van der Waals surface area contributed by atoms with E-state index in [-0.39, 0.29) is 25.7 Å². The number of aliphatic hydroxyl groups excluding tert-OH is 1. The van der Waals surface area contributed by atoms with Gasteiger partial charge in [-0.2, -0.15) is 0 Å². The van der Waals surface area contributed by atoms with Crippen LogP contribution in [0.2, 0.25) is 0 Å². The number of hydrogen-bond acceptors (Lipinski definition) is 15. The van der Waals surface area contributed by atoms with Crippen LogP contribution < -0.4 is 0 Å². The maximum Gasteiger partial charge on any atom is 0.472 e. The van der Waals surface area contributed by atoms with Crippen LogP contribution in [0.1, 0.15) is 395 Å². The number of carbonyl (C=O) groups excluding carboxylic acids is 4. The Morgan fingerprint density at radius 1 is 0.284 bits per heavy atom. The zero-order chi connectivity index (χ0) is 70.0. The third kappa shape index (κ3) is 70.3. The van der Waals surface area contributed by atoms with Gasteiger partial charge in [-0.15, -0.1) is 0 Å². The van der Waals surface area contributed by atoms with Gasteiger partial charge < -0.3 is 33.8 Å². The lowest BCUT2D eigenvalue weighted by Gasteiger charge is -2.21. The standard InChI is InChI=1S/C76H148O17P2/c1-7-9-11-13-15-17-19-20-21-22-23-24-25-26-27-28-32-37-41-49-55-61-76(81)92-71(64-86-73(78)58-52-46-39-35-33-29-31-34-38-44-50-56-68(3)4)66-90-94(82,83)88-62-70(77)63-89-95(84,85)91-67-72(65-87-74(79)59-53-47-43-42-45-51-57-69(5)6)93-75(80)60-54-48-40-36-30-18-16-14-12-10-8-2/h68-72,77H,7-67H2,1-6H3,(H,82,83)(H,84,85)/t70-,71-,72-/m1/s1. The van der Waals surface area contributed by atoms with Gasteiger partial charge in [0.1, 0.15) is 19.3 Å². The molecule has 0 aliphatic rings. The normalized spacial score (nSPS) is 14.0. The first-order valence-corrected chi connectivity index (χ1v) is 42.5. The summed E-state index contributed by atoms with van der Waals surface area (Å²) in [6.07, 6.45) is 55.8. The Labute approximate surface area is 581 Å². The van der Waals surface area contributed by atoms with Gasteiger partial charge in [-0.25, -0.2) is 9.13 Å². The molecule has 0 aromatic carbocycles. The smallest absolute Gasteiger partial charge is 0.462 e. The monoisotopic (exact) mass is 1400 g/mol. The highest BCUT2D eigenvalue weighted by atomic mass is 31.2. The zero-order valence-electron chi connectivity index (χ0n) is 62.0. The number of phosphoric ester groups is 2. The highest BCUT2D eigenvalue weighted by molar-refractivity contribution is 7.47. The Bertz CT molecular complexity index is 1840. The van der Waals surface area contributed by atoms with Gasteiger partial charge in [-0.3, -0.25) is 37.3 Å². The minimum absolute atomic E-state index is 0.106. The molecule has 0 saturated heterocycles. The molecule has 19 heteroatoms. The van der Waals surface area contributed by atoms with Crippen molar-refractivity contribution in [3.8, 4) is 0 Å². The Hall–Kier alpha value is -1.94. The van der Waals surface area contributed by atoms with Crippen LogP contribution >= 0.6 is 15.6 Å². The number of rotatable bonds is 75. The lowest BCUT2D eigenvalue weighted by Crippen LogP contribution is -2.30. The number of carbonyl (C=O) groups is 4. The number of ether oxygens (including phenoxy) is 4. The molecule has 0 aromatic rings. The maximum absolute atomic E-state index is 13.1. The SMILES string of the molecule is CCCCCCCCCCCCCCCCCCCCCCCC(=O)O[C@H](COC(=O)CCCCCCCCCCCCCC(C)C)COP(=O)(O)OC[C@@H](O)COP(=O)(O)OC[C@@H](COC(=O)CCCCCCCCC(C)C)OC(=O)CCCCCCCCCCCCC. The van der Waals surface area contributed by atoms with Crippen LogP contribution in [0.25, 0.3) is 0 Å². The molecule has 564 valence electrons. The van der Waals surface area contributed by atoms with Gasteiger partial charge >= 0.3 is 39.5 Å². The van der Waals surface area contributed by atoms with Crippen molar-refractivity contribution in [2.45, 2.75) is 413 Å². The average molecular weight is 1400 g/mol.